The SMILES string of the molecule is Cc1[nH]nc2ncc(C(=O)N3CC[C@@H]4CNC[C@@H]4CC3)cc12.Cl.Cl. The Hall–Kier alpha value is -1.37. The molecule has 0 radical (unpaired) electrons. The molecule has 24 heavy (non-hydrogen) atoms. The summed E-state index contributed by atoms with van der Waals surface area (Å²) in [5.41, 5.74) is 2.29. The molecule has 2 aromatic rings. The molecular formula is C16H23Cl2N5O. The number of hydrogen-bond acceptors (Lipinski definition) is 4. The van der Waals surface area contributed by atoms with Crippen LogP contribution in [0.3, 0.4) is 0 Å². The predicted molar refractivity (Wildman–Crippen MR) is 98.1 cm³/mol. The topological polar surface area (TPSA) is 73.9 Å². The average molecular weight is 372 g/mol. The van der Waals surface area contributed by atoms with E-state index in [1.165, 1.54) is 0 Å². The molecule has 2 saturated heterocycles. The Balaban J connectivity index is 0.00000104. The van der Waals surface area contributed by atoms with E-state index < -0.39 is 0 Å². The van der Waals surface area contributed by atoms with E-state index in [1.807, 2.05) is 17.9 Å². The van der Waals surface area contributed by atoms with E-state index >= 15 is 0 Å². The lowest BCUT2D eigenvalue weighted by atomic mass is 9.92. The zero-order valence-corrected chi connectivity index (χ0v) is 15.3. The third-order valence-electron chi connectivity index (χ3n) is 5.15. The van der Waals surface area contributed by atoms with E-state index in [4.69, 9.17) is 0 Å². The minimum absolute atomic E-state index is 0. The first-order valence-corrected chi connectivity index (χ1v) is 8.03. The van der Waals surface area contributed by atoms with Gasteiger partial charge in [0.15, 0.2) is 5.65 Å². The molecule has 2 aliphatic rings. The Labute approximate surface area is 153 Å². The molecule has 2 atom stereocenters. The lowest BCUT2D eigenvalue weighted by Gasteiger charge is -2.20. The number of carbonyl (C=O) groups excluding carboxylic acids is 1. The minimum atomic E-state index is 0. The standard InChI is InChI=1S/C16H21N5O.2ClH/c1-10-14-6-13(9-18-15(14)20-19-10)16(22)21-4-2-11-7-17-8-12(11)3-5-21;;/h6,9,11-12,17H,2-5,7-8H2,1H3,(H,18,19,20);2*1H/t11-,12+;;. The van der Waals surface area contributed by atoms with E-state index in [-0.39, 0.29) is 30.7 Å². The van der Waals surface area contributed by atoms with Crippen molar-refractivity contribution in [1.82, 2.24) is 25.4 Å². The third-order valence-corrected chi connectivity index (χ3v) is 5.15. The van der Waals surface area contributed by atoms with Gasteiger partial charge in [-0.1, -0.05) is 0 Å². The number of likely N-dealkylation sites (tertiary alicyclic amines) is 1. The number of carbonyl (C=O) groups is 1. The summed E-state index contributed by atoms with van der Waals surface area (Å²) < 4.78 is 0. The Bertz CT molecular complexity index is 706. The number of H-pyrrole nitrogens is 1. The van der Waals surface area contributed by atoms with Crippen LogP contribution in [0.4, 0.5) is 0 Å². The number of aromatic amines is 1. The summed E-state index contributed by atoms with van der Waals surface area (Å²) >= 11 is 0. The van der Waals surface area contributed by atoms with E-state index in [0.717, 1.165) is 61.9 Å². The lowest BCUT2D eigenvalue weighted by molar-refractivity contribution is 0.0758. The van der Waals surface area contributed by atoms with Crippen molar-refractivity contribution in [2.45, 2.75) is 19.8 Å². The van der Waals surface area contributed by atoms with Gasteiger partial charge in [0.1, 0.15) is 0 Å². The molecule has 2 aromatic heterocycles. The average Bonchev–Trinajstić information content (AvgIpc) is 3.08. The summed E-state index contributed by atoms with van der Waals surface area (Å²) in [6.45, 7) is 5.86. The van der Waals surface area contributed by atoms with Gasteiger partial charge in [0.05, 0.1) is 5.56 Å². The number of hydrogen-bond donors (Lipinski definition) is 2. The lowest BCUT2D eigenvalue weighted by Crippen LogP contribution is -2.32. The first-order valence-electron chi connectivity index (χ1n) is 8.03. The van der Waals surface area contributed by atoms with E-state index in [0.29, 0.717) is 11.2 Å². The number of aromatic nitrogens is 3. The number of nitrogens with zero attached hydrogens (tertiary/aromatic N) is 3. The highest BCUT2D eigenvalue weighted by molar-refractivity contribution is 5.97. The van der Waals surface area contributed by atoms with Crippen molar-refractivity contribution in [2.24, 2.45) is 11.8 Å². The van der Waals surface area contributed by atoms with Crippen molar-refractivity contribution in [3.63, 3.8) is 0 Å². The van der Waals surface area contributed by atoms with Crippen molar-refractivity contribution in [2.75, 3.05) is 26.2 Å². The molecule has 0 unspecified atom stereocenters. The fourth-order valence-corrected chi connectivity index (χ4v) is 3.74. The van der Waals surface area contributed by atoms with Crippen molar-refractivity contribution in [3.8, 4) is 0 Å². The van der Waals surface area contributed by atoms with Gasteiger partial charge >= 0.3 is 0 Å². The number of nitrogens with one attached hydrogen (secondary N) is 2. The number of amides is 1. The normalized spacial score (nSPS) is 23.1. The number of fused-ring (bicyclic) bond motifs is 2. The fourth-order valence-electron chi connectivity index (χ4n) is 3.74. The number of rotatable bonds is 1. The maximum atomic E-state index is 12.8. The zero-order chi connectivity index (χ0) is 15.1. The van der Waals surface area contributed by atoms with Crippen LogP contribution in [0.15, 0.2) is 12.3 Å². The molecule has 6 nitrogen and oxygen atoms in total. The van der Waals surface area contributed by atoms with Gasteiger partial charge in [-0.25, -0.2) is 4.98 Å². The second-order valence-corrected chi connectivity index (χ2v) is 6.49. The Morgan fingerprint density at radius 3 is 2.54 bits per heavy atom. The van der Waals surface area contributed by atoms with Crippen LogP contribution >= 0.6 is 24.8 Å². The quantitative estimate of drug-likeness (QED) is 0.805. The third kappa shape index (κ3) is 3.36. The maximum Gasteiger partial charge on any atom is 0.255 e. The molecule has 0 saturated carbocycles. The molecule has 0 spiro atoms. The maximum absolute atomic E-state index is 12.8. The smallest absolute Gasteiger partial charge is 0.255 e. The predicted octanol–water partition coefficient (Wildman–Crippen LogP) is 2.18. The molecule has 0 aromatic carbocycles. The van der Waals surface area contributed by atoms with E-state index in [2.05, 4.69) is 20.5 Å². The van der Waals surface area contributed by atoms with Gasteiger partial charge in [-0.2, -0.15) is 5.10 Å². The first-order chi connectivity index (χ1) is 10.7. The summed E-state index contributed by atoms with van der Waals surface area (Å²) in [5.74, 6) is 1.56. The molecule has 132 valence electrons. The van der Waals surface area contributed by atoms with Crippen LogP contribution < -0.4 is 5.32 Å². The highest BCUT2D eigenvalue weighted by atomic mass is 35.5. The number of pyridine rings is 1. The van der Waals surface area contributed by atoms with E-state index in [1.54, 1.807) is 6.20 Å². The zero-order valence-electron chi connectivity index (χ0n) is 13.6. The second-order valence-electron chi connectivity index (χ2n) is 6.49. The molecule has 0 bridgehead atoms. The van der Waals surface area contributed by atoms with Crippen LogP contribution in [-0.2, 0) is 0 Å². The first kappa shape index (κ1) is 19.0. The van der Waals surface area contributed by atoms with Gasteiger partial charge in [-0.3, -0.25) is 9.89 Å². The van der Waals surface area contributed by atoms with Crippen LogP contribution in [0, 0.1) is 18.8 Å². The van der Waals surface area contributed by atoms with Crippen LogP contribution in [0.25, 0.3) is 11.0 Å². The number of aryl methyl sites for hydroxylation is 1. The van der Waals surface area contributed by atoms with Gasteiger partial charge in [0.25, 0.3) is 5.91 Å². The largest absolute Gasteiger partial charge is 0.339 e. The Morgan fingerprint density at radius 2 is 1.88 bits per heavy atom. The molecule has 2 N–H and O–H groups in total. The fraction of sp³-hybridized carbons (Fsp3) is 0.562. The van der Waals surface area contributed by atoms with E-state index in [9.17, 15) is 4.79 Å². The van der Waals surface area contributed by atoms with Crippen LogP contribution in [0.5, 0.6) is 0 Å². The summed E-state index contributed by atoms with van der Waals surface area (Å²) in [5, 5.41) is 11.4. The van der Waals surface area contributed by atoms with Crippen LogP contribution in [0.2, 0.25) is 0 Å². The highest BCUT2D eigenvalue weighted by Crippen LogP contribution is 2.28. The van der Waals surface area contributed by atoms with Gasteiger partial charge in [0, 0.05) is 30.4 Å². The van der Waals surface area contributed by atoms with Crippen molar-refractivity contribution in [3.05, 3.63) is 23.5 Å². The molecule has 4 rings (SSSR count). The molecule has 2 fully saturated rings. The minimum Gasteiger partial charge on any atom is -0.339 e. The molecule has 8 heteroatoms. The van der Waals surface area contributed by atoms with Gasteiger partial charge in [-0.15, -0.1) is 24.8 Å². The molecule has 0 aliphatic carbocycles. The molecule has 1 amide bonds. The molecule has 2 aliphatic heterocycles. The van der Waals surface area contributed by atoms with Crippen molar-refractivity contribution < 1.29 is 4.79 Å². The molecular weight excluding hydrogens is 349 g/mol. The number of halogens is 2. The van der Waals surface area contributed by atoms with Crippen molar-refractivity contribution >= 4 is 41.8 Å². The highest BCUT2D eigenvalue weighted by Gasteiger charge is 2.31. The summed E-state index contributed by atoms with van der Waals surface area (Å²) in [6, 6.07) is 1.91. The molecule has 4 heterocycles. The summed E-state index contributed by atoms with van der Waals surface area (Å²) in [6.07, 6.45) is 3.85. The monoisotopic (exact) mass is 371 g/mol. The Kier molecular flexibility index (Phi) is 6.06. The van der Waals surface area contributed by atoms with Crippen LogP contribution in [0.1, 0.15) is 28.9 Å². The summed E-state index contributed by atoms with van der Waals surface area (Å²) in [7, 11) is 0. The van der Waals surface area contributed by atoms with Gasteiger partial charge in [0.2, 0.25) is 0 Å². The van der Waals surface area contributed by atoms with Crippen molar-refractivity contribution in [1.29, 1.82) is 0 Å². The Morgan fingerprint density at radius 1 is 1.21 bits per heavy atom. The summed E-state index contributed by atoms with van der Waals surface area (Å²) in [4.78, 5) is 19.1. The van der Waals surface area contributed by atoms with Crippen LogP contribution in [-0.4, -0.2) is 52.2 Å². The van der Waals surface area contributed by atoms with Gasteiger partial charge < -0.3 is 10.2 Å². The van der Waals surface area contributed by atoms with Gasteiger partial charge in [-0.05, 0) is 50.8 Å². The second kappa shape index (κ2) is 7.68.